The van der Waals surface area contributed by atoms with E-state index in [0.29, 0.717) is 6.07 Å². The van der Waals surface area contributed by atoms with Crippen molar-refractivity contribution < 1.29 is 22.8 Å². The number of carbonyl (C=O) groups excluding carboxylic acids is 2. The summed E-state index contributed by atoms with van der Waals surface area (Å²) >= 11 is 0. The molecule has 0 aliphatic carbocycles. The van der Waals surface area contributed by atoms with Gasteiger partial charge in [0.2, 0.25) is 0 Å². The number of amides is 1. The summed E-state index contributed by atoms with van der Waals surface area (Å²) in [5.41, 5.74) is -1.27. The molecular formula is C8H3F3N2O2. The first kappa shape index (κ1) is 9.63. The van der Waals surface area contributed by atoms with Gasteiger partial charge in [0.25, 0.3) is 11.7 Å². The number of carbonyl (C=O) groups is 2. The highest BCUT2D eigenvalue weighted by Crippen LogP contribution is 2.30. The first-order valence-electron chi connectivity index (χ1n) is 3.83. The van der Waals surface area contributed by atoms with Gasteiger partial charge in [-0.3, -0.25) is 9.59 Å². The number of pyridine rings is 1. The highest BCUT2D eigenvalue weighted by atomic mass is 19.4. The van der Waals surface area contributed by atoms with E-state index in [1.807, 2.05) is 5.32 Å². The fraction of sp³-hybridized carbons (Fsp3) is 0.125. The Morgan fingerprint density at radius 1 is 1.20 bits per heavy atom. The maximum absolute atomic E-state index is 12.2. The molecule has 2 rings (SSSR count). The van der Waals surface area contributed by atoms with Crippen LogP contribution in [0.4, 0.5) is 19.0 Å². The Hall–Kier alpha value is -1.92. The van der Waals surface area contributed by atoms with Crippen LogP contribution in [0, 0.1) is 0 Å². The van der Waals surface area contributed by atoms with E-state index < -0.39 is 23.6 Å². The lowest BCUT2D eigenvalue weighted by Crippen LogP contribution is -2.12. The summed E-state index contributed by atoms with van der Waals surface area (Å²) in [7, 11) is 0. The van der Waals surface area contributed by atoms with Crippen molar-refractivity contribution in [1.82, 2.24) is 4.98 Å². The van der Waals surface area contributed by atoms with Crippen LogP contribution >= 0.6 is 0 Å². The fourth-order valence-corrected chi connectivity index (χ4v) is 1.18. The molecule has 1 amide bonds. The summed E-state index contributed by atoms with van der Waals surface area (Å²) in [5, 5.41) is 1.96. The zero-order valence-electron chi connectivity index (χ0n) is 7.05. The highest BCUT2D eigenvalue weighted by molar-refractivity contribution is 6.51. The summed E-state index contributed by atoms with van der Waals surface area (Å²) in [5.74, 6) is -2.16. The van der Waals surface area contributed by atoms with Crippen LogP contribution in [0.3, 0.4) is 0 Å². The Labute approximate surface area is 81.1 Å². The van der Waals surface area contributed by atoms with E-state index >= 15 is 0 Å². The minimum Gasteiger partial charge on any atom is -0.303 e. The molecule has 2 heterocycles. The molecule has 4 nitrogen and oxygen atoms in total. The van der Waals surface area contributed by atoms with Gasteiger partial charge in [-0.15, -0.1) is 0 Å². The Bertz CT molecular complexity index is 467. The van der Waals surface area contributed by atoms with Crippen molar-refractivity contribution in [3.8, 4) is 0 Å². The van der Waals surface area contributed by atoms with Gasteiger partial charge in [0.15, 0.2) is 0 Å². The lowest BCUT2D eigenvalue weighted by atomic mass is 10.2. The molecule has 0 fully saturated rings. The molecule has 0 unspecified atom stereocenters. The van der Waals surface area contributed by atoms with Crippen molar-refractivity contribution in [3.05, 3.63) is 23.4 Å². The number of alkyl halides is 3. The Kier molecular flexibility index (Phi) is 1.79. The number of anilines is 1. The van der Waals surface area contributed by atoms with Crippen molar-refractivity contribution in [2.45, 2.75) is 6.18 Å². The highest BCUT2D eigenvalue weighted by Gasteiger charge is 2.36. The molecule has 1 N–H and O–H groups in total. The number of ketones is 1. The van der Waals surface area contributed by atoms with Crippen molar-refractivity contribution in [1.29, 1.82) is 0 Å². The first-order chi connectivity index (χ1) is 6.89. The smallest absolute Gasteiger partial charge is 0.303 e. The molecule has 0 aromatic carbocycles. The topological polar surface area (TPSA) is 59.1 Å². The Morgan fingerprint density at radius 3 is 2.47 bits per heavy atom. The molecule has 0 saturated heterocycles. The van der Waals surface area contributed by atoms with Gasteiger partial charge in [0.1, 0.15) is 11.5 Å². The summed E-state index contributed by atoms with van der Waals surface area (Å²) in [6.07, 6.45) is -4.59. The van der Waals surface area contributed by atoms with Gasteiger partial charge in [0, 0.05) is 0 Å². The molecule has 1 aromatic rings. The van der Waals surface area contributed by atoms with Gasteiger partial charge in [-0.25, -0.2) is 4.98 Å². The monoisotopic (exact) mass is 216 g/mol. The molecule has 0 saturated carbocycles. The number of halogens is 3. The SMILES string of the molecule is O=C1Nc2nc(C(F)(F)F)ccc2C1=O. The Morgan fingerprint density at radius 2 is 1.87 bits per heavy atom. The number of hydrogen-bond donors (Lipinski definition) is 1. The van der Waals surface area contributed by atoms with Crippen molar-refractivity contribution >= 4 is 17.5 Å². The first-order valence-corrected chi connectivity index (χ1v) is 3.83. The van der Waals surface area contributed by atoms with E-state index in [4.69, 9.17) is 0 Å². The molecule has 1 aliphatic rings. The molecule has 0 bridgehead atoms. The summed E-state index contributed by atoms with van der Waals surface area (Å²) < 4.78 is 36.6. The molecule has 7 heteroatoms. The zero-order valence-corrected chi connectivity index (χ0v) is 7.05. The second kappa shape index (κ2) is 2.78. The lowest BCUT2D eigenvalue weighted by molar-refractivity contribution is -0.141. The molecular weight excluding hydrogens is 213 g/mol. The second-order valence-corrected chi connectivity index (χ2v) is 2.87. The van der Waals surface area contributed by atoms with Crippen molar-refractivity contribution in [2.24, 2.45) is 0 Å². The fourth-order valence-electron chi connectivity index (χ4n) is 1.18. The minimum absolute atomic E-state index is 0.131. The van der Waals surface area contributed by atoms with Crippen LogP contribution in [0.5, 0.6) is 0 Å². The van der Waals surface area contributed by atoms with Crippen LogP contribution in [-0.4, -0.2) is 16.7 Å². The van der Waals surface area contributed by atoms with Crippen LogP contribution in [-0.2, 0) is 11.0 Å². The largest absolute Gasteiger partial charge is 0.433 e. The normalized spacial score (nSPS) is 15.1. The van der Waals surface area contributed by atoms with Crippen LogP contribution in [0.25, 0.3) is 0 Å². The van der Waals surface area contributed by atoms with E-state index in [0.717, 1.165) is 6.07 Å². The molecule has 1 aliphatic heterocycles. The maximum atomic E-state index is 12.2. The third kappa shape index (κ3) is 1.45. The van der Waals surface area contributed by atoms with E-state index in [9.17, 15) is 22.8 Å². The third-order valence-electron chi connectivity index (χ3n) is 1.87. The zero-order chi connectivity index (χ0) is 11.2. The molecule has 0 spiro atoms. The molecule has 15 heavy (non-hydrogen) atoms. The summed E-state index contributed by atoms with van der Waals surface area (Å²) in [4.78, 5) is 25.0. The second-order valence-electron chi connectivity index (χ2n) is 2.87. The van der Waals surface area contributed by atoms with Crippen LogP contribution < -0.4 is 5.32 Å². The molecule has 0 radical (unpaired) electrons. The summed E-state index contributed by atoms with van der Waals surface area (Å²) in [6, 6.07) is 1.60. The van der Waals surface area contributed by atoms with E-state index in [-0.39, 0.29) is 11.4 Å². The van der Waals surface area contributed by atoms with Gasteiger partial charge in [-0.05, 0) is 12.1 Å². The lowest BCUT2D eigenvalue weighted by Gasteiger charge is -2.05. The Balaban J connectivity index is 2.51. The van der Waals surface area contributed by atoms with E-state index in [1.165, 1.54) is 0 Å². The number of Topliss-reactive ketones (excluding diaryl/α,β-unsaturated/α-hetero) is 1. The quantitative estimate of drug-likeness (QED) is 0.663. The number of nitrogens with one attached hydrogen (secondary N) is 1. The third-order valence-corrected chi connectivity index (χ3v) is 1.87. The predicted octanol–water partition coefficient (Wildman–Crippen LogP) is 1.24. The van der Waals surface area contributed by atoms with Crippen LogP contribution in [0.2, 0.25) is 0 Å². The summed E-state index contributed by atoms with van der Waals surface area (Å²) in [6.45, 7) is 0. The average Bonchev–Trinajstić information content (AvgIpc) is 2.41. The molecule has 1 aromatic heterocycles. The van der Waals surface area contributed by atoms with Gasteiger partial charge in [-0.2, -0.15) is 13.2 Å². The molecule has 0 atom stereocenters. The average molecular weight is 216 g/mol. The number of rotatable bonds is 0. The van der Waals surface area contributed by atoms with E-state index in [1.54, 1.807) is 0 Å². The van der Waals surface area contributed by atoms with Crippen molar-refractivity contribution in [2.75, 3.05) is 5.32 Å². The van der Waals surface area contributed by atoms with Crippen molar-refractivity contribution in [3.63, 3.8) is 0 Å². The number of fused-ring (bicyclic) bond motifs is 1. The maximum Gasteiger partial charge on any atom is 0.433 e. The number of nitrogens with zero attached hydrogens (tertiary/aromatic N) is 1. The van der Waals surface area contributed by atoms with Crippen LogP contribution in [0.1, 0.15) is 16.1 Å². The van der Waals surface area contributed by atoms with Gasteiger partial charge in [-0.1, -0.05) is 0 Å². The van der Waals surface area contributed by atoms with Gasteiger partial charge in [0.05, 0.1) is 5.56 Å². The predicted molar refractivity (Wildman–Crippen MR) is 42.2 cm³/mol. The number of aromatic nitrogens is 1. The van der Waals surface area contributed by atoms with Gasteiger partial charge < -0.3 is 5.32 Å². The number of hydrogen-bond acceptors (Lipinski definition) is 3. The van der Waals surface area contributed by atoms with Crippen LogP contribution in [0.15, 0.2) is 12.1 Å². The van der Waals surface area contributed by atoms with E-state index in [2.05, 4.69) is 4.98 Å². The molecule has 78 valence electrons. The minimum atomic E-state index is -4.59. The standard InChI is InChI=1S/C8H3F3N2O2/c9-8(10,11)4-2-1-3-5(14)7(15)13-6(3)12-4/h1-2H,(H,12,13,14,15). The van der Waals surface area contributed by atoms with Gasteiger partial charge >= 0.3 is 6.18 Å².